The molecule has 2 aromatic rings. The fraction of sp³-hybridized carbons (Fsp3) is 0.211. The Morgan fingerprint density at radius 1 is 1.19 bits per heavy atom. The lowest BCUT2D eigenvalue weighted by Gasteiger charge is -2.12. The van der Waals surface area contributed by atoms with Gasteiger partial charge in [0.05, 0.1) is 11.3 Å². The zero-order chi connectivity index (χ0) is 18.5. The standard InChI is InChI=1S/C19H18N2O3S2/c1-13-4-6-14(7-5-13)11-16-18(23)21(19(24)26-16)9-8-20-17(22)12-15-3-2-10-25-15/h2-7,10-11H,8-9,12H2,1H3,(H,20,22)/b16-11-. The highest BCUT2D eigenvalue weighted by atomic mass is 32.2. The van der Waals surface area contributed by atoms with Gasteiger partial charge in [0.2, 0.25) is 5.91 Å². The van der Waals surface area contributed by atoms with E-state index >= 15 is 0 Å². The van der Waals surface area contributed by atoms with Crippen LogP contribution in [0.25, 0.3) is 6.08 Å². The zero-order valence-corrected chi connectivity index (χ0v) is 15.9. The van der Waals surface area contributed by atoms with Crippen molar-refractivity contribution in [1.29, 1.82) is 0 Å². The number of nitrogens with zero attached hydrogens (tertiary/aromatic N) is 1. The van der Waals surface area contributed by atoms with Gasteiger partial charge < -0.3 is 5.32 Å². The molecular weight excluding hydrogens is 368 g/mol. The lowest BCUT2D eigenvalue weighted by atomic mass is 10.1. The number of nitrogens with one attached hydrogen (secondary N) is 1. The van der Waals surface area contributed by atoms with Crippen LogP contribution in [0.5, 0.6) is 0 Å². The molecule has 7 heteroatoms. The van der Waals surface area contributed by atoms with Crippen molar-refractivity contribution in [1.82, 2.24) is 10.2 Å². The summed E-state index contributed by atoms with van der Waals surface area (Å²) >= 11 is 2.45. The molecule has 1 aliphatic rings. The molecule has 0 aliphatic carbocycles. The highest BCUT2D eigenvalue weighted by Crippen LogP contribution is 2.31. The summed E-state index contributed by atoms with van der Waals surface area (Å²) in [5, 5.41) is 4.37. The van der Waals surface area contributed by atoms with Gasteiger partial charge in [-0.15, -0.1) is 11.3 Å². The summed E-state index contributed by atoms with van der Waals surface area (Å²) < 4.78 is 0. The molecule has 3 rings (SSSR count). The Kier molecular flexibility index (Phi) is 5.90. The maximum absolute atomic E-state index is 12.4. The maximum atomic E-state index is 12.4. The minimum absolute atomic E-state index is 0.116. The van der Waals surface area contributed by atoms with Crippen LogP contribution < -0.4 is 5.32 Å². The molecule has 134 valence electrons. The highest BCUT2D eigenvalue weighted by Gasteiger charge is 2.34. The molecule has 0 atom stereocenters. The van der Waals surface area contributed by atoms with Crippen molar-refractivity contribution in [2.45, 2.75) is 13.3 Å². The fourth-order valence-corrected chi connectivity index (χ4v) is 4.02. The van der Waals surface area contributed by atoms with Gasteiger partial charge in [-0.05, 0) is 41.8 Å². The molecule has 1 N–H and O–H groups in total. The Labute approximate surface area is 160 Å². The lowest BCUT2D eigenvalue weighted by molar-refractivity contribution is -0.124. The van der Waals surface area contributed by atoms with Crippen molar-refractivity contribution >= 4 is 46.2 Å². The Balaban J connectivity index is 1.54. The average molecular weight is 386 g/mol. The Bertz CT molecular complexity index is 842. The normalized spacial score (nSPS) is 15.7. The number of thioether (sulfide) groups is 1. The number of hydrogen-bond acceptors (Lipinski definition) is 5. The molecule has 26 heavy (non-hydrogen) atoms. The van der Waals surface area contributed by atoms with Crippen LogP contribution in [0.3, 0.4) is 0 Å². The van der Waals surface area contributed by atoms with Crippen LogP contribution in [0.1, 0.15) is 16.0 Å². The molecular formula is C19H18N2O3S2. The van der Waals surface area contributed by atoms with Crippen LogP contribution in [-0.2, 0) is 16.0 Å². The summed E-state index contributed by atoms with van der Waals surface area (Å²) in [4.78, 5) is 38.9. The highest BCUT2D eigenvalue weighted by molar-refractivity contribution is 8.18. The monoisotopic (exact) mass is 386 g/mol. The second-order valence-corrected chi connectivity index (χ2v) is 7.88. The lowest BCUT2D eigenvalue weighted by Crippen LogP contribution is -2.37. The first-order valence-electron chi connectivity index (χ1n) is 8.14. The van der Waals surface area contributed by atoms with E-state index in [1.165, 1.54) is 16.2 Å². The molecule has 1 fully saturated rings. The van der Waals surface area contributed by atoms with E-state index in [4.69, 9.17) is 0 Å². The van der Waals surface area contributed by atoms with Gasteiger partial charge in [0, 0.05) is 18.0 Å². The molecule has 1 aliphatic heterocycles. The molecule has 5 nitrogen and oxygen atoms in total. The fourth-order valence-electron chi connectivity index (χ4n) is 2.45. The molecule has 0 saturated carbocycles. The van der Waals surface area contributed by atoms with Gasteiger partial charge in [0.25, 0.3) is 11.1 Å². The summed E-state index contributed by atoms with van der Waals surface area (Å²) in [6.45, 7) is 2.41. The van der Waals surface area contributed by atoms with Gasteiger partial charge in [-0.25, -0.2) is 0 Å². The first-order chi connectivity index (χ1) is 12.5. The summed E-state index contributed by atoms with van der Waals surface area (Å²) in [5.74, 6) is -0.428. The van der Waals surface area contributed by atoms with Crippen LogP contribution >= 0.6 is 23.1 Å². The minimum Gasteiger partial charge on any atom is -0.354 e. The molecule has 1 saturated heterocycles. The smallest absolute Gasteiger partial charge is 0.293 e. The number of carbonyl (C=O) groups excluding carboxylic acids is 3. The van der Waals surface area contributed by atoms with Gasteiger partial charge in [-0.1, -0.05) is 35.9 Å². The number of hydrogen-bond donors (Lipinski definition) is 1. The molecule has 3 amide bonds. The molecule has 1 aromatic heterocycles. The first-order valence-corrected chi connectivity index (χ1v) is 9.83. The van der Waals surface area contributed by atoms with Crippen molar-refractivity contribution in [3.8, 4) is 0 Å². The van der Waals surface area contributed by atoms with Crippen molar-refractivity contribution < 1.29 is 14.4 Å². The third-order valence-electron chi connectivity index (χ3n) is 3.82. The number of thiophene rings is 1. The Hall–Kier alpha value is -2.38. The summed E-state index contributed by atoms with van der Waals surface area (Å²) in [7, 11) is 0. The molecule has 0 spiro atoms. The van der Waals surface area contributed by atoms with Crippen LogP contribution in [0.15, 0.2) is 46.7 Å². The topological polar surface area (TPSA) is 66.5 Å². The third-order valence-corrected chi connectivity index (χ3v) is 5.60. The van der Waals surface area contributed by atoms with Gasteiger partial charge >= 0.3 is 0 Å². The van der Waals surface area contributed by atoms with E-state index in [-0.39, 0.29) is 30.1 Å². The first kappa shape index (κ1) is 18.4. The van der Waals surface area contributed by atoms with E-state index in [9.17, 15) is 14.4 Å². The number of carbonyl (C=O) groups is 3. The van der Waals surface area contributed by atoms with E-state index < -0.39 is 0 Å². The summed E-state index contributed by atoms with van der Waals surface area (Å²) in [5.41, 5.74) is 2.01. The second kappa shape index (κ2) is 8.33. The second-order valence-electron chi connectivity index (χ2n) is 5.85. The minimum atomic E-state index is -0.312. The molecule has 0 bridgehead atoms. The number of amides is 3. The van der Waals surface area contributed by atoms with Crippen molar-refractivity contribution in [3.05, 3.63) is 62.7 Å². The van der Waals surface area contributed by atoms with Crippen molar-refractivity contribution in [3.63, 3.8) is 0 Å². The average Bonchev–Trinajstić information content (AvgIpc) is 3.20. The quantitative estimate of drug-likeness (QED) is 0.772. The van der Waals surface area contributed by atoms with Crippen LogP contribution in [-0.4, -0.2) is 35.0 Å². The summed E-state index contributed by atoms with van der Waals surface area (Å²) in [6.07, 6.45) is 2.03. The summed E-state index contributed by atoms with van der Waals surface area (Å²) in [6, 6.07) is 11.5. The van der Waals surface area contributed by atoms with Gasteiger partial charge in [-0.3, -0.25) is 19.3 Å². The van der Waals surface area contributed by atoms with Crippen LogP contribution in [0.2, 0.25) is 0 Å². The van der Waals surface area contributed by atoms with Crippen molar-refractivity contribution in [2.75, 3.05) is 13.1 Å². The van der Waals surface area contributed by atoms with E-state index in [1.807, 2.05) is 48.7 Å². The number of imide groups is 1. The Morgan fingerprint density at radius 2 is 1.96 bits per heavy atom. The number of benzene rings is 1. The van der Waals surface area contributed by atoms with Gasteiger partial charge in [0.15, 0.2) is 0 Å². The number of rotatable bonds is 6. The number of aryl methyl sites for hydroxylation is 1. The largest absolute Gasteiger partial charge is 0.354 e. The molecule has 1 aromatic carbocycles. The van der Waals surface area contributed by atoms with Crippen LogP contribution in [0.4, 0.5) is 4.79 Å². The predicted molar refractivity (Wildman–Crippen MR) is 105 cm³/mol. The van der Waals surface area contributed by atoms with E-state index in [2.05, 4.69) is 5.32 Å². The Morgan fingerprint density at radius 3 is 2.65 bits per heavy atom. The van der Waals surface area contributed by atoms with Gasteiger partial charge in [-0.2, -0.15) is 0 Å². The third kappa shape index (κ3) is 4.62. The van der Waals surface area contributed by atoms with E-state index in [0.29, 0.717) is 11.3 Å². The van der Waals surface area contributed by atoms with Gasteiger partial charge in [0.1, 0.15) is 0 Å². The zero-order valence-electron chi connectivity index (χ0n) is 14.2. The maximum Gasteiger partial charge on any atom is 0.293 e. The molecule has 0 radical (unpaired) electrons. The molecule has 0 unspecified atom stereocenters. The molecule has 2 heterocycles. The van der Waals surface area contributed by atoms with E-state index in [0.717, 1.165) is 27.8 Å². The SMILES string of the molecule is Cc1ccc(/C=C2\SC(=O)N(CCNC(=O)Cc3cccs3)C2=O)cc1. The van der Waals surface area contributed by atoms with E-state index in [1.54, 1.807) is 6.08 Å². The predicted octanol–water partition coefficient (Wildman–Crippen LogP) is 3.45. The van der Waals surface area contributed by atoms with Crippen molar-refractivity contribution in [2.24, 2.45) is 0 Å². The van der Waals surface area contributed by atoms with Crippen LogP contribution in [0, 0.1) is 6.92 Å².